The fraction of sp³-hybridized carbons (Fsp3) is 0.222. The summed E-state index contributed by atoms with van der Waals surface area (Å²) in [6.45, 7) is 1.47. The Labute approximate surface area is 79.8 Å². The zero-order valence-electron chi connectivity index (χ0n) is 7.30. The zero-order valence-corrected chi connectivity index (χ0v) is 8.11. The molecule has 4 heteroatoms. The molecule has 0 aliphatic carbocycles. The fourth-order valence-corrected chi connectivity index (χ4v) is 1.59. The largest absolute Gasteiger partial charge is 0.478 e. The second-order valence-corrected chi connectivity index (χ2v) is 3.41. The van der Waals surface area contributed by atoms with Gasteiger partial charge in [0.15, 0.2) is 0 Å². The Morgan fingerprint density at radius 3 is 2.62 bits per heavy atom. The third-order valence-corrected chi connectivity index (χ3v) is 2.56. The van der Waals surface area contributed by atoms with E-state index in [0.29, 0.717) is 4.90 Å². The van der Waals surface area contributed by atoms with E-state index in [2.05, 4.69) is 0 Å². The maximum atomic E-state index is 13.3. The summed E-state index contributed by atoms with van der Waals surface area (Å²) >= 11 is 1.26. The van der Waals surface area contributed by atoms with Gasteiger partial charge in [-0.25, -0.2) is 9.18 Å². The van der Waals surface area contributed by atoms with E-state index in [-0.39, 0.29) is 11.1 Å². The van der Waals surface area contributed by atoms with E-state index < -0.39 is 11.8 Å². The van der Waals surface area contributed by atoms with Crippen LogP contribution in [0.15, 0.2) is 17.0 Å². The molecule has 0 aliphatic heterocycles. The van der Waals surface area contributed by atoms with Gasteiger partial charge in [-0.3, -0.25) is 0 Å². The standard InChI is InChI=1S/C9H9FO2S/c1-5-6(9(11)12)3-4-7(13-2)8(5)10/h3-4H,1-2H3,(H,11,12). The fourth-order valence-electron chi connectivity index (χ4n) is 1.05. The summed E-state index contributed by atoms with van der Waals surface area (Å²) in [5.74, 6) is -1.53. The number of carboxylic acids is 1. The molecule has 0 saturated carbocycles. The predicted molar refractivity (Wildman–Crippen MR) is 49.9 cm³/mol. The van der Waals surface area contributed by atoms with Crippen LogP contribution in [0.25, 0.3) is 0 Å². The van der Waals surface area contributed by atoms with Crippen LogP contribution in [0.5, 0.6) is 0 Å². The minimum Gasteiger partial charge on any atom is -0.478 e. The topological polar surface area (TPSA) is 37.3 Å². The molecule has 2 nitrogen and oxygen atoms in total. The normalized spacial score (nSPS) is 10.1. The van der Waals surface area contributed by atoms with Crippen molar-refractivity contribution in [2.24, 2.45) is 0 Å². The first-order valence-corrected chi connectivity index (χ1v) is 4.86. The summed E-state index contributed by atoms with van der Waals surface area (Å²) in [5, 5.41) is 8.68. The molecule has 0 heterocycles. The van der Waals surface area contributed by atoms with Crippen molar-refractivity contribution in [1.29, 1.82) is 0 Å². The minimum atomic E-state index is -1.09. The molecule has 0 amide bonds. The van der Waals surface area contributed by atoms with Gasteiger partial charge in [0.2, 0.25) is 0 Å². The number of carboxylic acid groups (broad SMARTS) is 1. The smallest absolute Gasteiger partial charge is 0.336 e. The molecule has 0 saturated heterocycles. The summed E-state index contributed by atoms with van der Waals surface area (Å²) in [4.78, 5) is 11.1. The third-order valence-electron chi connectivity index (χ3n) is 1.80. The van der Waals surface area contributed by atoms with E-state index in [1.165, 1.54) is 30.8 Å². The van der Waals surface area contributed by atoms with Gasteiger partial charge in [-0.2, -0.15) is 0 Å². The molecule has 0 spiro atoms. The third kappa shape index (κ3) is 1.83. The lowest BCUT2D eigenvalue weighted by atomic mass is 10.1. The average Bonchev–Trinajstić information content (AvgIpc) is 2.09. The molecule has 0 unspecified atom stereocenters. The van der Waals surface area contributed by atoms with Crippen molar-refractivity contribution in [2.45, 2.75) is 11.8 Å². The second kappa shape index (κ2) is 3.79. The number of aromatic carboxylic acids is 1. The first-order valence-electron chi connectivity index (χ1n) is 3.64. The molecular weight excluding hydrogens is 191 g/mol. The van der Waals surface area contributed by atoms with Crippen molar-refractivity contribution in [2.75, 3.05) is 6.26 Å². The maximum Gasteiger partial charge on any atom is 0.336 e. The van der Waals surface area contributed by atoms with Gasteiger partial charge in [-0.1, -0.05) is 0 Å². The van der Waals surface area contributed by atoms with Gasteiger partial charge in [-0.05, 0) is 25.3 Å². The summed E-state index contributed by atoms with van der Waals surface area (Å²) in [6, 6.07) is 2.91. The lowest BCUT2D eigenvalue weighted by Crippen LogP contribution is -2.02. The Hall–Kier alpha value is -1.03. The number of hydrogen-bond donors (Lipinski definition) is 1. The summed E-state index contributed by atoms with van der Waals surface area (Å²) in [7, 11) is 0. The van der Waals surface area contributed by atoms with Crippen molar-refractivity contribution in [3.8, 4) is 0 Å². The van der Waals surface area contributed by atoms with Crippen LogP contribution in [0, 0.1) is 12.7 Å². The van der Waals surface area contributed by atoms with E-state index >= 15 is 0 Å². The number of thioether (sulfide) groups is 1. The highest BCUT2D eigenvalue weighted by molar-refractivity contribution is 7.98. The Balaban J connectivity index is 3.31. The molecule has 0 atom stereocenters. The molecule has 0 aliphatic rings. The van der Waals surface area contributed by atoms with Crippen LogP contribution in [-0.2, 0) is 0 Å². The Bertz CT molecular complexity index is 350. The zero-order chi connectivity index (χ0) is 10.0. The highest BCUT2D eigenvalue weighted by Gasteiger charge is 2.13. The van der Waals surface area contributed by atoms with E-state index in [0.717, 1.165) is 0 Å². The molecule has 1 aromatic carbocycles. The molecule has 0 fully saturated rings. The lowest BCUT2D eigenvalue weighted by molar-refractivity contribution is 0.0695. The van der Waals surface area contributed by atoms with Crippen molar-refractivity contribution in [3.63, 3.8) is 0 Å². The summed E-state index contributed by atoms with van der Waals surface area (Å²) in [5.41, 5.74) is 0.217. The van der Waals surface area contributed by atoms with Gasteiger partial charge in [0.25, 0.3) is 0 Å². The van der Waals surface area contributed by atoms with Crippen molar-refractivity contribution in [1.82, 2.24) is 0 Å². The van der Waals surface area contributed by atoms with Crippen molar-refractivity contribution >= 4 is 17.7 Å². The highest BCUT2D eigenvalue weighted by atomic mass is 32.2. The summed E-state index contributed by atoms with van der Waals surface area (Å²) in [6.07, 6.45) is 1.75. The molecular formula is C9H9FO2S. The quantitative estimate of drug-likeness (QED) is 0.745. The van der Waals surface area contributed by atoms with E-state index in [1.807, 2.05) is 0 Å². The SMILES string of the molecule is CSc1ccc(C(=O)O)c(C)c1F. The van der Waals surface area contributed by atoms with Crippen molar-refractivity contribution in [3.05, 3.63) is 29.1 Å². The first kappa shape index (κ1) is 10.1. The predicted octanol–water partition coefficient (Wildman–Crippen LogP) is 2.55. The molecule has 13 heavy (non-hydrogen) atoms. The van der Waals surface area contributed by atoms with Gasteiger partial charge in [0, 0.05) is 10.5 Å². The molecule has 1 N–H and O–H groups in total. The van der Waals surface area contributed by atoms with Crippen LogP contribution < -0.4 is 0 Å². The van der Waals surface area contributed by atoms with E-state index in [1.54, 1.807) is 6.26 Å². The molecule has 0 aromatic heterocycles. The van der Waals surface area contributed by atoms with Gasteiger partial charge in [-0.15, -0.1) is 11.8 Å². The van der Waals surface area contributed by atoms with Gasteiger partial charge in [0.1, 0.15) is 5.82 Å². The number of rotatable bonds is 2. The van der Waals surface area contributed by atoms with Gasteiger partial charge in [0.05, 0.1) is 5.56 Å². The van der Waals surface area contributed by atoms with E-state index in [9.17, 15) is 9.18 Å². The van der Waals surface area contributed by atoms with Crippen LogP contribution in [-0.4, -0.2) is 17.3 Å². The monoisotopic (exact) mass is 200 g/mol. The van der Waals surface area contributed by atoms with Crippen molar-refractivity contribution < 1.29 is 14.3 Å². The second-order valence-electron chi connectivity index (χ2n) is 2.56. The molecule has 70 valence electrons. The van der Waals surface area contributed by atoms with Crippen LogP contribution in [0.3, 0.4) is 0 Å². The van der Waals surface area contributed by atoms with Crippen LogP contribution in [0.4, 0.5) is 4.39 Å². The molecule has 1 aromatic rings. The van der Waals surface area contributed by atoms with Gasteiger partial charge >= 0.3 is 5.97 Å². The Morgan fingerprint density at radius 2 is 2.15 bits per heavy atom. The number of benzene rings is 1. The summed E-state index contributed by atoms with van der Waals surface area (Å²) < 4.78 is 13.3. The number of hydrogen-bond acceptors (Lipinski definition) is 2. The first-order chi connectivity index (χ1) is 6.07. The maximum absolute atomic E-state index is 13.3. The van der Waals surface area contributed by atoms with Crippen LogP contribution in [0.1, 0.15) is 15.9 Å². The van der Waals surface area contributed by atoms with Crippen LogP contribution >= 0.6 is 11.8 Å². The Kier molecular flexibility index (Phi) is 2.93. The highest BCUT2D eigenvalue weighted by Crippen LogP contribution is 2.23. The van der Waals surface area contributed by atoms with E-state index in [4.69, 9.17) is 5.11 Å². The van der Waals surface area contributed by atoms with Gasteiger partial charge < -0.3 is 5.11 Å². The Morgan fingerprint density at radius 1 is 1.54 bits per heavy atom. The average molecular weight is 200 g/mol. The number of carbonyl (C=O) groups is 1. The number of halogens is 1. The molecule has 0 radical (unpaired) electrons. The molecule has 1 rings (SSSR count). The van der Waals surface area contributed by atoms with Crippen LogP contribution in [0.2, 0.25) is 0 Å². The minimum absolute atomic E-state index is 0.0234. The molecule has 0 bridgehead atoms. The lowest BCUT2D eigenvalue weighted by Gasteiger charge is -2.05.